The Kier molecular flexibility index (Phi) is 3.16. The second kappa shape index (κ2) is 5.12. The SMILES string of the molecule is OCc1ccncc1NCc1cc2ccccc2o1. The molecular weight excluding hydrogens is 240 g/mol. The van der Waals surface area contributed by atoms with Crippen LogP contribution in [-0.2, 0) is 13.2 Å². The van der Waals surface area contributed by atoms with Crippen molar-refractivity contribution >= 4 is 16.7 Å². The minimum atomic E-state index is -0.00894. The van der Waals surface area contributed by atoms with E-state index in [9.17, 15) is 5.11 Å². The Hall–Kier alpha value is -2.33. The van der Waals surface area contributed by atoms with Gasteiger partial charge >= 0.3 is 0 Å². The smallest absolute Gasteiger partial charge is 0.134 e. The summed E-state index contributed by atoms with van der Waals surface area (Å²) >= 11 is 0. The van der Waals surface area contributed by atoms with Gasteiger partial charge in [0.1, 0.15) is 11.3 Å². The second-order valence-electron chi connectivity index (χ2n) is 4.30. The molecule has 2 N–H and O–H groups in total. The maximum atomic E-state index is 9.24. The summed E-state index contributed by atoms with van der Waals surface area (Å²) in [5.41, 5.74) is 2.53. The summed E-state index contributed by atoms with van der Waals surface area (Å²) in [4.78, 5) is 4.04. The number of furan rings is 1. The van der Waals surface area contributed by atoms with Gasteiger partial charge in [0, 0.05) is 17.1 Å². The minimum Gasteiger partial charge on any atom is -0.459 e. The Morgan fingerprint density at radius 2 is 2.11 bits per heavy atom. The molecule has 2 aromatic heterocycles. The number of nitrogens with zero attached hydrogens (tertiary/aromatic N) is 1. The molecular formula is C15H14N2O2. The molecule has 0 aliphatic rings. The van der Waals surface area contributed by atoms with Gasteiger partial charge in [0.15, 0.2) is 0 Å². The van der Waals surface area contributed by atoms with Gasteiger partial charge in [-0.3, -0.25) is 4.98 Å². The van der Waals surface area contributed by atoms with Gasteiger partial charge in [0.25, 0.3) is 0 Å². The van der Waals surface area contributed by atoms with E-state index in [0.717, 1.165) is 28.0 Å². The lowest BCUT2D eigenvalue weighted by Crippen LogP contribution is -2.02. The van der Waals surface area contributed by atoms with Gasteiger partial charge in [-0.15, -0.1) is 0 Å². The van der Waals surface area contributed by atoms with E-state index in [-0.39, 0.29) is 6.61 Å². The predicted molar refractivity (Wildman–Crippen MR) is 73.7 cm³/mol. The summed E-state index contributed by atoms with van der Waals surface area (Å²) < 4.78 is 5.72. The van der Waals surface area contributed by atoms with E-state index >= 15 is 0 Å². The van der Waals surface area contributed by atoms with Crippen LogP contribution in [-0.4, -0.2) is 10.1 Å². The average Bonchev–Trinajstić information content (AvgIpc) is 2.88. The van der Waals surface area contributed by atoms with Crippen molar-refractivity contribution in [2.75, 3.05) is 5.32 Å². The molecule has 3 aromatic rings. The highest BCUT2D eigenvalue weighted by Gasteiger charge is 2.05. The molecule has 0 atom stereocenters. The predicted octanol–water partition coefficient (Wildman–Crippen LogP) is 2.93. The van der Waals surface area contributed by atoms with Crippen molar-refractivity contribution < 1.29 is 9.52 Å². The van der Waals surface area contributed by atoms with Crippen LogP contribution in [0.15, 0.2) is 53.2 Å². The van der Waals surface area contributed by atoms with Crippen LogP contribution in [0.5, 0.6) is 0 Å². The quantitative estimate of drug-likeness (QED) is 0.751. The molecule has 1 aromatic carbocycles. The Morgan fingerprint density at radius 1 is 1.21 bits per heavy atom. The zero-order valence-electron chi connectivity index (χ0n) is 10.3. The molecule has 0 radical (unpaired) electrons. The average molecular weight is 254 g/mol. The Labute approximate surface area is 110 Å². The van der Waals surface area contributed by atoms with Gasteiger partial charge in [-0.1, -0.05) is 18.2 Å². The number of nitrogens with one attached hydrogen (secondary N) is 1. The number of anilines is 1. The van der Waals surface area contributed by atoms with Crippen LogP contribution in [0.3, 0.4) is 0 Å². The van der Waals surface area contributed by atoms with E-state index in [1.54, 1.807) is 18.5 Å². The fraction of sp³-hybridized carbons (Fsp3) is 0.133. The molecule has 19 heavy (non-hydrogen) atoms. The van der Waals surface area contributed by atoms with E-state index in [1.165, 1.54) is 0 Å². The van der Waals surface area contributed by atoms with Crippen molar-refractivity contribution in [3.05, 3.63) is 60.1 Å². The molecule has 2 heterocycles. The molecule has 4 heteroatoms. The molecule has 0 saturated carbocycles. The highest BCUT2D eigenvalue weighted by molar-refractivity contribution is 5.77. The first-order chi connectivity index (χ1) is 9.36. The lowest BCUT2D eigenvalue weighted by molar-refractivity contribution is 0.282. The van der Waals surface area contributed by atoms with Crippen LogP contribution >= 0.6 is 0 Å². The van der Waals surface area contributed by atoms with E-state index in [4.69, 9.17) is 4.42 Å². The third-order valence-electron chi connectivity index (χ3n) is 3.01. The third-order valence-corrected chi connectivity index (χ3v) is 3.01. The van der Waals surface area contributed by atoms with Crippen LogP contribution in [0.1, 0.15) is 11.3 Å². The van der Waals surface area contributed by atoms with Crippen LogP contribution in [0.4, 0.5) is 5.69 Å². The summed E-state index contributed by atoms with van der Waals surface area (Å²) in [5.74, 6) is 0.856. The van der Waals surface area contributed by atoms with Crippen molar-refractivity contribution in [1.29, 1.82) is 0 Å². The van der Waals surface area contributed by atoms with Crippen LogP contribution < -0.4 is 5.32 Å². The first-order valence-electron chi connectivity index (χ1n) is 6.12. The van der Waals surface area contributed by atoms with Gasteiger partial charge < -0.3 is 14.8 Å². The van der Waals surface area contributed by atoms with Gasteiger partial charge in [-0.25, -0.2) is 0 Å². The van der Waals surface area contributed by atoms with Gasteiger partial charge in [-0.2, -0.15) is 0 Å². The zero-order chi connectivity index (χ0) is 13.1. The maximum absolute atomic E-state index is 9.24. The van der Waals surface area contributed by atoms with Crippen molar-refractivity contribution in [3.8, 4) is 0 Å². The Morgan fingerprint density at radius 3 is 2.95 bits per heavy atom. The lowest BCUT2D eigenvalue weighted by atomic mass is 10.2. The normalized spacial score (nSPS) is 10.8. The van der Waals surface area contributed by atoms with Crippen molar-refractivity contribution in [2.24, 2.45) is 0 Å². The van der Waals surface area contributed by atoms with Crippen molar-refractivity contribution in [3.63, 3.8) is 0 Å². The number of pyridine rings is 1. The molecule has 96 valence electrons. The molecule has 0 bridgehead atoms. The maximum Gasteiger partial charge on any atom is 0.134 e. The van der Waals surface area contributed by atoms with Crippen LogP contribution in [0.2, 0.25) is 0 Å². The zero-order valence-corrected chi connectivity index (χ0v) is 10.3. The summed E-state index contributed by atoms with van der Waals surface area (Å²) in [6.07, 6.45) is 3.37. The monoisotopic (exact) mass is 254 g/mol. The van der Waals surface area contributed by atoms with Crippen molar-refractivity contribution in [1.82, 2.24) is 4.98 Å². The highest BCUT2D eigenvalue weighted by atomic mass is 16.3. The van der Waals surface area contributed by atoms with E-state index in [2.05, 4.69) is 10.3 Å². The lowest BCUT2D eigenvalue weighted by Gasteiger charge is -2.07. The molecule has 0 spiro atoms. The number of aliphatic hydroxyl groups excluding tert-OH is 1. The number of rotatable bonds is 4. The van der Waals surface area contributed by atoms with Gasteiger partial charge in [0.2, 0.25) is 0 Å². The molecule has 0 unspecified atom stereocenters. The highest BCUT2D eigenvalue weighted by Crippen LogP contribution is 2.20. The van der Waals surface area contributed by atoms with Crippen molar-refractivity contribution in [2.45, 2.75) is 13.2 Å². The summed E-state index contributed by atoms with van der Waals surface area (Å²) in [6.45, 7) is 0.554. The number of para-hydroxylation sites is 1. The fourth-order valence-corrected chi connectivity index (χ4v) is 2.03. The number of benzene rings is 1. The first-order valence-corrected chi connectivity index (χ1v) is 6.12. The molecule has 4 nitrogen and oxygen atoms in total. The summed E-state index contributed by atoms with van der Waals surface area (Å²) in [7, 11) is 0. The fourth-order valence-electron chi connectivity index (χ4n) is 2.03. The summed E-state index contributed by atoms with van der Waals surface area (Å²) in [5, 5.41) is 13.6. The van der Waals surface area contributed by atoms with E-state index in [1.807, 2.05) is 30.3 Å². The molecule has 0 aliphatic heterocycles. The molecule has 3 rings (SSSR count). The van der Waals surface area contributed by atoms with E-state index in [0.29, 0.717) is 6.54 Å². The number of hydrogen-bond donors (Lipinski definition) is 2. The van der Waals surface area contributed by atoms with E-state index < -0.39 is 0 Å². The Bertz CT molecular complexity index is 658. The summed E-state index contributed by atoms with van der Waals surface area (Å²) in [6, 6.07) is 11.7. The topological polar surface area (TPSA) is 58.3 Å². The van der Waals surface area contributed by atoms with Gasteiger partial charge in [-0.05, 0) is 18.2 Å². The minimum absolute atomic E-state index is 0.00894. The number of aromatic nitrogens is 1. The third kappa shape index (κ3) is 2.44. The standard InChI is InChI=1S/C15H14N2O2/c18-10-12-5-6-16-9-14(12)17-8-13-7-11-3-1-2-4-15(11)19-13/h1-7,9,17-18H,8,10H2. The number of aliphatic hydroxyl groups is 1. The molecule has 0 saturated heterocycles. The van der Waals surface area contributed by atoms with Crippen LogP contribution in [0.25, 0.3) is 11.0 Å². The first kappa shape index (κ1) is 11.7. The largest absolute Gasteiger partial charge is 0.459 e. The van der Waals surface area contributed by atoms with Crippen LogP contribution in [0, 0.1) is 0 Å². The molecule has 0 amide bonds. The number of hydrogen-bond acceptors (Lipinski definition) is 4. The molecule has 0 aliphatic carbocycles. The Balaban J connectivity index is 1.78. The second-order valence-corrected chi connectivity index (χ2v) is 4.30. The van der Waals surface area contributed by atoms with Gasteiger partial charge in [0.05, 0.1) is 25.0 Å². The molecule has 0 fully saturated rings. The number of fused-ring (bicyclic) bond motifs is 1.